The van der Waals surface area contributed by atoms with Gasteiger partial charge in [0.15, 0.2) is 11.8 Å². The molecule has 2 aromatic rings. The highest BCUT2D eigenvalue weighted by Crippen LogP contribution is 2.17. The van der Waals surface area contributed by atoms with E-state index in [1.54, 1.807) is 14.1 Å². The van der Waals surface area contributed by atoms with Gasteiger partial charge in [0.2, 0.25) is 5.95 Å². The van der Waals surface area contributed by atoms with Crippen molar-refractivity contribution in [2.45, 2.75) is 46.6 Å². The van der Waals surface area contributed by atoms with Gasteiger partial charge >= 0.3 is 0 Å². The summed E-state index contributed by atoms with van der Waals surface area (Å²) in [4.78, 5) is 43.6. The highest BCUT2D eigenvalue weighted by atomic mass is 16.2. The van der Waals surface area contributed by atoms with Gasteiger partial charge < -0.3 is 4.90 Å². The first kappa shape index (κ1) is 19.6. The van der Waals surface area contributed by atoms with Crippen molar-refractivity contribution >= 4 is 11.7 Å². The molecule has 8 heteroatoms. The van der Waals surface area contributed by atoms with E-state index < -0.39 is 23.3 Å². The van der Waals surface area contributed by atoms with E-state index in [2.05, 4.69) is 10.1 Å². The van der Waals surface area contributed by atoms with Gasteiger partial charge in [-0.2, -0.15) is 5.10 Å². The van der Waals surface area contributed by atoms with Gasteiger partial charge in [0.25, 0.3) is 11.5 Å². The quantitative estimate of drug-likeness (QED) is 0.723. The molecule has 8 nitrogen and oxygen atoms in total. The van der Waals surface area contributed by atoms with Gasteiger partial charge in [-0.3, -0.25) is 19.0 Å². The minimum absolute atomic E-state index is 0.182. The number of rotatable bonds is 6. The molecule has 0 radical (unpaired) electrons. The Labute approximate surface area is 152 Å². The van der Waals surface area contributed by atoms with Crippen molar-refractivity contribution in [1.82, 2.24) is 24.2 Å². The Kier molecular flexibility index (Phi) is 5.74. The molecule has 0 spiro atoms. The van der Waals surface area contributed by atoms with E-state index in [0.717, 1.165) is 22.4 Å². The molecule has 2 heterocycles. The molecule has 140 valence electrons. The van der Waals surface area contributed by atoms with Gasteiger partial charge in [0.05, 0.1) is 5.69 Å². The van der Waals surface area contributed by atoms with Gasteiger partial charge in [-0.25, -0.2) is 9.67 Å². The van der Waals surface area contributed by atoms with Crippen molar-refractivity contribution in [2.75, 3.05) is 14.1 Å². The summed E-state index contributed by atoms with van der Waals surface area (Å²) in [5.41, 5.74) is 1.68. The molecule has 0 aromatic carbocycles. The van der Waals surface area contributed by atoms with E-state index in [1.807, 2.05) is 26.8 Å². The van der Waals surface area contributed by atoms with Crippen LogP contribution in [0.4, 0.5) is 0 Å². The summed E-state index contributed by atoms with van der Waals surface area (Å²) in [7, 11) is 3.09. The van der Waals surface area contributed by atoms with Crippen molar-refractivity contribution in [3.05, 3.63) is 39.6 Å². The highest BCUT2D eigenvalue weighted by Gasteiger charge is 2.31. The maximum Gasteiger partial charge on any atom is 0.256 e. The minimum atomic E-state index is -1.28. The Hall–Kier alpha value is -2.77. The number of hydrogen-bond donors (Lipinski definition) is 0. The number of carbonyl (C=O) groups excluding carboxylic acids is 2. The Balaban J connectivity index is 2.83. The lowest BCUT2D eigenvalue weighted by Gasteiger charge is -2.23. The van der Waals surface area contributed by atoms with E-state index in [-0.39, 0.29) is 5.95 Å². The third-order valence-corrected chi connectivity index (χ3v) is 4.01. The molecular formula is C18H25N5O3. The normalized spacial score (nSPS) is 12.1. The van der Waals surface area contributed by atoms with Crippen LogP contribution < -0.4 is 5.56 Å². The first-order valence-electron chi connectivity index (χ1n) is 8.55. The average molecular weight is 359 g/mol. The topological polar surface area (TPSA) is 90.1 Å². The third kappa shape index (κ3) is 3.74. The standard InChI is InChI=1S/C18H25N5O3/c1-7-8-14-10-15(25)22(16(13(4)24)17(26)21(5)6)18(19-14)23-12(3)9-11(2)20-23/h9-10,16H,7-8H2,1-6H3/t16-/m0/s1. The number of carbonyl (C=O) groups is 2. The lowest BCUT2D eigenvalue weighted by molar-refractivity contribution is -0.137. The van der Waals surface area contributed by atoms with Crippen molar-refractivity contribution in [3.8, 4) is 5.95 Å². The number of Topliss-reactive ketones (excluding diaryl/α,β-unsaturated/α-hetero) is 1. The fourth-order valence-corrected chi connectivity index (χ4v) is 2.84. The maximum absolute atomic E-state index is 12.9. The Morgan fingerprint density at radius 1 is 1.23 bits per heavy atom. The first-order valence-corrected chi connectivity index (χ1v) is 8.55. The number of ketones is 1. The molecule has 0 fully saturated rings. The van der Waals surface area contributed by atoms with Crippen LogP contribution in [-0.4, -0.2) is 50.0 Å². The summed E-state index contributed by atoms with van der Waals surface area (Å²) >= 11 is 0. The molecule has 0 aliphatic carbocycles. The van der Waals surface area contributed by atoms with Crippen molar-refractivity contribution in [1.29, 1.82) is 0 Å². The number of amides is 1. The lowest BCUT2D eigenvalue weighted by atomic mass is 10.1. The van der Waals surface area contributed by atoms with E-state index in [9.17, 15) is 14.4 Å². The Morgan fingerprint density at radius 3 is 2.35 bits per heavy atom. The molecule has 1 atom stereocenters. The average Bonchev–Trinajstić information content (AvgIpc) is 2.87. The third-order valence-electron chi connectivity index (χ3n) is 4.01. The van der Waals surface area contributed by atoms with Crippen LogP contribution >= 0.6 is 0 Å². The van der Waals surface area contributed by atoms with Crippen LogP contribution in [0.5, 0.6) is 0 Å². The zero-order valence-corrected chi connectivity index (χ0v) is 16.1. The fraction of sp³-hybridized carbons (Fsp3) is 0.500. The summed E-state index contributed by atoms with van der Waals surface area (Å²) in [5, 5.41) is 4.39. The Bertz CT molecular complexity index is 895. The number of hydrogen-bond acceptors (Lipinski definition) is 5. The number of nitrogens with zero attached hydrogens (tertiary/aromatic N) is 5. The summed E-state index contributed by atoms with van der Waals surface area (Å²) < 4.78 is 2.65. The molecule has 0 N–H and O–H groups in total. The predicted molar refractivity (Wildman–Crippen MR) is 97.5 cm³/mol. The van der Waals surface area contributed by atoms with Crippen LogP contribution in [0, 0.1) is 13.8 Å². The second-order valence-electron chi connectivity index (χ2n) is 6.59. The van der Waals surface area contributed by atoms with Crippen molar-refractivity contribution < 1.29 is 9.59 Å². The maximum atomic E-state index is 12.9. The zero-order valence-electron chi connectivity index (χ0n) is 16.1. The molecule has 0 unspecified atom stereocenters. The van der Waals surface area contributed by atoms with E-state index >= 15 is 0 Å². The van der Waals surface area contributed by atoms with Crippen LogP contribution in [0.3, 0.4) is 0 Å². The minimum Gasteiger partial charge on any atom is -0.347 e. The lowest BCUT2D eigenvalue weighted by Crippen LogP contribution is -2.42. The number of likely N-dealkylation sites (N-methyl/N-ethyl adjacent to an activating group) is 1. The molecule has 0 bridgehead atoms. The van der Waals surface area contributed by atoms with Crippen LogP contribution in [0.2, 0.25) is 0 Å². The largest absolute Gasteiger partial charge is 0.347 e. The SMILES string of the molecule is CCCc1cc(=O)n([C@@H](C(C)=O)C(=O)N(C)C)c(-n2nc(C)cc2C)n1. The van der Waals surface area contributed by atoms with Crippen molar-refractivity contribution in [3.63, 3.8) is 0 Å². The Morgan fingerprint density at radius 2 is 1.88 bits per heavy atom. The smallest absolute Gasteiger partial charge is 0.256 e. The molecule has 2 rings (SSSR count). The van der Waals surface area contributed by atoms with Crippen LogP contribution in [0.25, 0.3) is 5.95 Å². The van der Waals surface area contributed by atoms with E-state index in [0.29, 0.717) is 12.1 Å². The van der Waals surface area contributed by atoms with E-state index in [4.69, 9.17) is 0 Å². The van der Waals surface area contributed by atoms with Gasteiger partial charge in [-0.15, -0.1) is 0 Å². The van der Waals surface area contributed by atoms with Gasteiger partial charge in [-0.05, 0) is 33.3 Å². The molecule has 26 heavy (non-hydrogen) atoms. The summed E-state index contributed by atoms with van der Waals surface area (Å²) in [6, 6.07) is 1.96. The second kappa shape index (κ2) is 7.63. The summed E-state index contributed by atoms with van der Waals surface area (Å²) in [6.45, 7) is 6.95. The fourth-order valence-electron chi connectivity index (χ4n) is 2.84. The van der Waals surface area contributed by atoms with Gasteiger partial charge in [-0.1, -0.05) is 13.3 Å². The van der Waals surface area contributed by atoms with Crippen LogP contribution in [-0.2, 0) is 16.0 Å². The number of aryl methyl sites for hydroxylation is 3. The molecule has 0 aliphatic rings. The molecule has 1 amide bonds. The molecule has 0 aliphatic heterocycles. The summed E-state index contributed by atoms with van der Waals surface area (Å²) in [6.07, 6.45) is 1.44. The van der Waals surface area contributed by atoms with Gasteiger partial charge in [0.1, 0.15) is 0 Å². The highest BCUT2D eigenvalue weighted by molar-refractivity contribution is 6.02. The monoisotopic (exact) mass is 359 g/mol. The van der Waals surface area contributed by atoms with Crippen LogP contribution in [0.1, 0.15) is 43.4 Å². The van der Waals surface area contributed by atoms with Crippen LogP contribution in [0.15, 0.2) is 16.9 Å². The predicted octanol–water partition coefficient (Wildman–Crippen LogP) is 1.22. The molecular weight excluding hydrogens is 334 g/mol. The molecule has 2 aromatic heterocycles. The zero-order chi connectivity index (χ0) is 19.6. The number of aromatic nitrogens is 4. The van der Waals surface area contributed by atoms with E-state index in [1.165, 1.54) is 22.6 Å². The summed E-state index contributed by atoms with van der Waals surface area (Å²) in [5.74, 6) is -0.729. The van der Waals surface area contributed by atoms with Crippen molar-refractivity contribution in [2.24, 2.45) is 0 Å². The molecule has 0 saturated heterocycles. The first-order chi connectivity index (χ1) is 12.2. The van der Waals surface area contributed by atoms with Gasteiger partial charge in [0, 0.05) is 31.5 Å². The second-order valence-corrected chi connectivity index (χ2v) is 6.59. The molecule has 0 saturated carbocycles.